The first-order valence-electron chi connectivity index (χ1n) is 10.9. The molecular formula is C25H16BrCl3N2O7S. The highest BCUT2D eigenvalue weighted by molar-refractivity contribution is 9.10. The van der Waals surface area contributed by atoms with Crippen molar-refractivity contribution in [3.8, 4) is 11.5 Å². The molecule has 0 aromatic heterocycles. The summed E-state index contributed by atoms with van der Waals surface area (Å²) in [7, 11) is -4.27. The number of ether oxygens (including phenoxy) is 1. The van der Waals surface area contributed by atoms with Crippen molar-refractivity contribution in [2.45, 2.75) is 11.8 Å². The van der Waals surface area contributed by atoms with Crippen molar-refractivity contribution in [2.75, 3.05) is 11.5 Å². The molecule has 4 amide bonds. The van der Waals surface area contributed by atoms with Crippen LogP contribution in [-0.4, -0.2) is 32.9 Å². The van der Waals surface area contributed by atoms with E-state index in [0.717, 1.165) is 4.90 Å². The summed E-state index contributed by atoms with van der Waals surface area (Å²) in [6.07, 6.45) is 1.22. The normalized spacial score (nSPS) is 14.9. The van der Waals surface area contributed by atoms with Crippen LogP contribution in [0.4, 0.5) is 10.5 Å². The topological polar surface area (TPSA) is 119 Å². The number of barbiturate groups is 1. The molecule has 14 heteroatoms. The molecule has 4 rings (SSSR count). The Kier molecular flexibility index (Phi) is 8.57. The first kappa shape index (κ1) is 28.9. The molecule has 9 nitrogen and oxygen atoms in total. The lowest BCUT2D eigenvalue weighted by Crippen LogP contribution is -2.54. The second kappa shape index (κ2) is 11.6. The van der Waals surface area contributed by atoms with Gasteiger partial charge in [-0.3, -0.25) is 14.9 Å². The van der Waals surface area contributed by atoms with Crippen molar-refractivity contribution in [1.82, 2.24) is 5.32 Å². The number of benzene rings is 3. The molecule has 3 aromatic carbocycles. The second-order valence-electron chi connectivity index (χ2n) is 7.81. The molecule has 1 aliphatic heterocycles. The summed E-state index contributed by atoms with van der Waals surface area (Å²) >= 11 is 21.1. The van der Waals surface area contributed by atoms with Crippen molar-refractivity contribution in [3.63, 3.8) is 0 Å². The van der Waals surface area contributed by atoms with Gasteiger partial charge in [-0.15, -0.1) is 0 Å². The molecule has 0 spiro atoms. The number of rotatable bonds is 7. The maximum Gasteiger partial charge on any atom is 0.339 e. The highest BCUT2D eigenvalue weighted by Gasteiger charge is 2.37. The zero-order valence-electron chi connectivity index (χ0n) is 19.7. The molecule has 202 valence electrons. The fourth-order valence-corrected chi connectivity index (χ4v) is 5.48. The first-order valence-corrected chi connectivity index (χ1v) is 14.3. The molecule has 0 aliphatic carbocycles. The number of amides is 4. The predicted octanol–water partition coefficient (Wildman–Crippen LogP) is 6.24. The number of anilines is 1. The van der Waals surface area contributed by atoms with E-state index in [1.54, 1.807) is 6.92 Å². The fraction of sp³-hybridized carbons (Fsp3) is 0.0800. The minimum absolute atomic E-state index is 0.0114. The molecule has 39 heavy (non-hydrogen) atoms. The summed E-state index contributed by atoms with van der Waals surface area (Å²) in [5.74, 6) is -1.98. The summed E-state index contributed by atoms with van der Waals surface area (Å²) in [4.78, 5) is 38.9. The van der Waals surface area contributed by atoms with E-state index in [2.05, 4.69) is 21.2 Å². The van der Waals surface area contributed by atoms with Crippen molar-refractivity contribution in [2.24, 2.45) is 0 Å². The van der Waals surface area contributed by atoms with Crippen LogP contribution in [-0.2, 0) is 19.7 Å². The molecule has 1 heterocycles. The maximum atomic E-state index is 13.2. The number of urea groups is 1. The Morgan fingerprint density at radius 2 is 1.67 bits per heavy atom. The standard InChI is InChI=1S/C25H16BrCl3N2O7S/c1-2-37-21-11-13(10-18(26)22(21)38-39(35,36)16-6-3-14(27)4-7-16)9-17-23(32)30-25(34)31(24(17)33)15-5-8-19(28)20(29)12-15/h3-12H,2H2,1H3,(H,30,32,34)/b17-9+. The summed E-state index contributed by atoms with van der Waals surface area (Å²) < 4.78 is 36.8. The highest BCUT2D eigenvalue weighted by atomic mass is 79.9. The van der Waals surface area contributed by atoms with Gasteiger partial charge in [-0.25, -0.2) is 9.69 Å². The number of halogens is 4. The summed E-state index contributed by atoms with van der Waals surface area (Å²) in [6.45, 7) is 1.82. The van der Waals surface area contributed by atoms with Crippen LogP contribution < -0.4 is 19.1 Å². The van der Waals surface area contributed by atoms with E-state index in [1.165, 1.54) is 60.7 Å². The average molecular weight is 675 g/mol. The number of nitrogens with one attached hydrogen (secondary N) is 1. The number of hydrogen-bond donors (Lipinski definition) is 1. The summed E-state index contributed by atoms with van der Waals surface area (Å²) in [5.41, 5.74) is -0.0152. The van der Waals surface area contributed by atoms with Gasteiger partial charge in [-0.2, -0.15) is 8.42 Å². The van der Waals surface area contributed by atoms with Crippen molar-refractivity contribution < 1.29 is 31.7 Å². The van der Waals surface area contributed by atoms with Crippen molar-refractivity contribution in [1.29, 1.82) is 0 Å². The van der Waals surface area contributed by atoms with Gasteiger partial charge in [0.2, 0.25) is 0 Å². The molecule has 1 saturated heterocycles. The number of carbonyl (C=O) groups excluding carboxylic acids is 3. The van der Waals surface area contributed by atoms with Gasteiger partial charge in [0.1, 0.15) is 10.5 Å². The molecular weight excluding hydrogens is 659 g/mol. The van der Waals surface area contributed by atoms with Gasteiger partial charge in [-0.05, 0) is 89.1 Å². The molecule has 0 radical (unpaired) electrons. The number of carbonyl (C=O) groups is 3. The van der Waals surface area contributed by atoms with E-state index in [-0.39, 0.29) is 54.3 Å². The molecule has 1 fully saturated rings. The van der Waals surface area contributed by atoms with E-state index in [9.17, 15) is 22.8 Å². The zero-order chi connectivity index (χ0) is 28.5. The van der Waals surface area contributed by atoms with E-state index in [1.807, 2.05) is 0 Å². The van der Waals surface area contributed by atoms with Crippen LogP contribution >= 0.6 is 50.7 Å². The van der Waals surface area contributed by atoms with Gasteiger partial charge in [0.05, 0.1) is 26.8 Å². The number of nitrogens with zero attached hydrogens (tertiary/aromatic N) is 1. The minimum Gasteiger partial charge on any atom is -0.490 e. The first-order chi connectivity index (χ1) is 18.4. The van der Waals surface area contributed by atoms with Gasteiger partial charge in [0.15, 0.2) is 11.5 Å². The van der Waals surface area contributed by atoms with Crippen LogP contribution in [0.15, 0.2) is 69.5 Å². The van der Waals surface area contributed by atoms with Crippen molar-refractivity contribution in [3.05, 3.63) is 85.3 Å². The average Bonchev–Trinajstić information content (AvgIpc) is 2.86. The van der Waals surface area contributed by atoms with E-state index >= 15 is 0 Å². The lowest BCUT2D eigenvalue weighted by molar-refractivity contribution is -0.122. The van der Waals surface area contributed by atoms with Crippen molar-refractivity contribution >= 4 is 90.5 Å². The van der Waals surface area contributed by atoms with Crippen LogP contribution in [0.5, 0.6) is 11.5 Å². The molecule has 0 unspecified atom stereocenters. The smallest absolute Gasteiger partial charge is 0.339 e. The van der Waals surface area contributed by atoms with Gasteiger partial charge in [-0.1, -0.05) is 34.8 Å². The minimum atomic E-state index is -4.27. The van der Waals surface area contributed by atoms with Crippen LogP contribution in [0.3, 0.4) is 0 Å². The summed E-state index contributed by atoms with van der Waals surface area (Å²) in [6, 6.07) is 11.3. The Labute approximate surface area is 246 Å². The molecule has 0 bridgehead atoms. The number of hydrogen-bond acceptors (Lipinski definition) is 7. The third kappa shape index (κ3) is 6.23. The fourth-order valence-electron chi connectivity index (χ4n) is 3.46. The van der Waals surface area contributed by atoms with E-state index < -0.39 is 28.0 Å². The van der Waals surface area contributed by atoms with Gasteiger partial charge in [0.25, 0.3) is 11.8 Å². The Bertz CT molecular complexity index is 1640. The Morgan fingerprint density at radius 1 is 0.974 bits per heavy atom. The van der Waals surface area contributed by atoms with E-state index in [4.69, 9.17) is 43.7 Å². The van der Waals surface area contributed by atoms with Crippen LogP contribution in [0.1, 0.15) is 12.5 Å². The van der Waals surface area contributed by atoms with E-state index in [0.29, 0.717) is 5.02 Å². The van der Waals surface area contributed by atoms with Gasteiger partial charge >= 0.3 is 16.1 Å². The maximum absolute atomic E-state index is 13.2. The lowest BCUT2D eigenvalue weighted by atomic mass is 10.1. The lowest BCUT2D eigenvalue weighted by Gasteiger charge is -2.26. The largest absolute Gasteiger partial charge is 0.490 e. The van der Waals surface area contributed by atoms with Crippen LogP contribution in [0, 0.1) is 0 Å². The van der Waals surface area contributed by atoms with Crippen LogP contribution in [0.25, 0.3) is 6.08 Å². The Hall–Kier alpha value is -3.09. The third-order valence-electron chi connectivity index (χ3n) is 5.20. The number of imide groups is 2. The molecule has 3 aromatic rings. The third-order valence-corrected chi connectivity index (χ3v) is 8.02. The summed E-state index contributed by atoms with van der Waals surface area (Å²) in [5, 5.41) is 2.78. The second-order valence-corrected chi connectivity index (χ2v) is 11.5. The molecule has 1 N–H and O–H groups in total. The zero-order valence-corrected chi connectivity index (χ0v) is 24.4. The molecule has 0 atom stereocenters. The molecule has 0 saturated carbocycles. The SMILES string of the molecule is CCOc1cc(/C=C2\C(=O)NC(=O)N(c3ccc(Cl)c(Cl)c3)C2=O)cc(Br)c1OS(=O)(=O)c1ccc(Cl)cc1. The van der Waals surface area contributed by atoms with Crippen LogP contribution in [0.2, 0.25) is 15.1 Å². The molecule has 1 aliphatic rings. The Morgan fingerprint density at radius 3 is 2.31 bits per heavy atom. The van der Waals surface area contributed by atoms with Gasteiger partial charge < -0.3 is 8.92 Å². The highest BCUT2D eigenvalue weighted by Crippen LogP contribution is 2.39. The predicted molar refractivity (Wildman–Crippen MR) is 150 cm³/mol. The van der Waals surface area contributed by atoms with Gasteiger partial charge in [0, 0.05) is 5.02 Å². The monoisotopic (exact) mass is 672 g/mol. The quantitative estimate of drug-likeness (QED) is 0.179. The Balaban J connectivity index is 1.72.